The Morgan fingerprint density at radius 2 is 1.72 bits per heavy atom. The van der Waals surface area contributed by atoms with Crippen molar-refractivity contribution in [1.82, 2.24) is 10.6 Å². The topological polar surface area (TPSA) is 87.7 Å². The highest BCUT2D eigenvalue weighted by Gasteiger charge is 2.05. The third kappa shape index (κ3) is 10.1. The van der Waals surface area contributed by atoms with E-state index in [9.17, 15) is 14.7 Å². The summed E-state index contributed by atoms with van der Waals surface area (Å²) in [4.78, 5) is 23.0. The van der Waals surface area contributed by atoms with Gasteiger partial charge in [0.1, 0.15) is 5.75 Å². The number of phenols is 1. The number of carbonyl (C=O) groups is 2. The number of rotatable bonds is 11. The molecular weight excluding hydrogens is 320 g/mol. The van der Waals surface area contributed by atoms with Crippen molar-refractivity contribution in [2.45, 2.75) is 45.4 Å². The molecule has 0 fully saturated rings. The normalized spacial score (nSPS) is 10.1. The Morgan fingerprint density at radius 1 is 1.08 bits per heavy atom. The second kappa shape index (κ2) is 11.9. The zero-order chi connectivity index (χ0) is 18.5. The summed E-state index contributed by atoms with van der Waals surface area (Å²) in [7, 11) is 0. The predicted octanol–water partition coefficient (Wildman–Crippen LogP) is 3.26. The molecule has 6 nitrogen and oxygen atoms in total. The summed E-state index contributed by atoms with van der Waals surface area (Å²) in [6.07, 6.45) is 4.16. The molecular formula is C19H28N2O4. The maximum absolute atomic E-state index is 11.8. The first kappa shape index (κ1) is 20.5. The smallest absolute Gasteiger partial charge is 0.412 e. The first-order valence-corrected chi connectivity index (χ1v) is 8.64. The van der Waals surface area contributed by atoms with E-state index in [-0.39, 0.29) is 11.7 Å². The second-order valence-electron chi connectivity index (χ2n) is 5.91. The number of hydrogen-bond acceptors (Lipinski definition) is 4. The van der Waals surface area contributed by atoms with Crippen molar-refractivity contribution >= 4 is 12.0 Å². The number of phenolic OH excluding ortho intramolecular Hbond substituents is 1. The maximum Gasteiger partial charge on any atom is 0.412 e. The molecule has 25 heavy (non-hydrogen) atoms. The minimum atomic E-state index is -0.468. The molecule has 1 aromatic carbocycles. The zero-order valence-electron chi connectivity index (χ0n) is 14.8. The van der Waals surface area contributed by atoms with Gasteiger partial charge in [0.15, 0.2) is 0 Å². The van der Waals surface area contributed by atoms with E-state index < -0.39 is 6.09 Å². The highest BCUT2D eigenvalue weighted by Crippen LogP contribution is 2.16. The number of hydrogen-bond donors (Lipinski definition) is 3. The molecule has 0 aliphatic carbocycles. The molecule has 138 valence electrons. The highest BCUT2D eigenvalue weighted by molar-refractivity contribution is 5.76. The average molecular weight is 348 g/mol. The summed E-state index contributed by atoms with van der Waals surface area (Å²) in [5.41, 5.74) is 0.787. The molecule has 0 aromatic heterocycles. The lowest BCUT2D eigenvalue weighted by Crippen LogP contribution is -2.25. The Morgan fingerprint density at radius 3 is 2.36 bits per heavy atom. The van der Waals surface area contributed by atoms with Crippen molar-refractivity contribution < 1.29 is 19.4 Å². The van der Waals surface area contributed by atoms with Gasteiger partial charge in [-0.3, -0.25) is 4.79 Å². The number of alkyl carbamates (subject to hydrolysis) is 1. The minimum absolute atomic E-state index is 0.00698. The number of unbranched alkanes of at least 4 members (excludes halogenated alkanes) is 3. The number of carbonyl (C=O) groups excluding carboxylic acids is 2. The summed E-state index contributed by atoms with van der Waals surface area (Å²) >= 11 is 0. The summed E-state index contributed by atoms with van der Waals surface area (Å²) in [6.45, 7) is 6.33. The Kier molecular flexibility index (Phi) is 9.82. The summed E-state index contributed by atoms with van der Waals surface area (Å²) < 4.78 is 4.78. The number of benzene rings is 1. The number of para-hydroxylation sites is 1. The highest BCUT2D eigenvalue weighted by atomic mass is 16.6. The van der Waals surface area contributed by atoms with Gasteiger partial charge in [-0.2, -0.15) is 0 Å². The van der Waals surface area contributed by atoms with Gasteiger partial charge in [0.2, 0.25) is 5.91 Å². The van der Waals surface area contributed by atoms with Crippen LogP contribution in [0.5, 0.6) is 5.75 Å². The lowest BCUT2D eigenvalue weighted by Gasteiger charge is -2.07. The van der Waals surface area contributed by atoms with Gasteiger partial charge in [-0.15, -0.1) is 0 Å². The standard InChI is InChI=1S/C19H28N2O4/c1-15(2)25-19(24)21-14-8-4-3-7-13-20-18(23)12-11-16-9-5-6-10-17(16)22/h5-6,9-10,22H,1,3-4,7-8,11-14H2,2H3,(H,20,23)(H,21,24). The maximum atomic E-state index is 11.8. The number of ether oxygens (including phenoxy) is 1. The lowest BCUT2D eigenvalue weighted by molar-refractivity contribution is -0.121. The molecule has 6 heteroatoms. The van der Waals surface area contributed by atoms with Gasteiger partial charge in [-0.05, 0) is 37.8 Å². The molecule has 0 aliphatic rings. The zero-order valence-corrected chi connectivity index (χ0v) is 14.8. The van der Waals surface area contributed by atoms with Crippen LogP contribution in [-0.2, 0) is 16.0 Å². The van der Waals surface area contributed by atoms with Crippen molar-refractivity contribution in [2.75, 3.05) is 13.1 Å². The van der Waals surface area contributed by atoms with Crippen LogP contribution in [0.1, 0.15) is 44.6 Å². The second-order valence-corrected chi connectivity index (χ2v) is 5.91. The predicted molar refractivity (Wildman–Crippen MR) is 97.2 cm³/mol. The fourth-order valence-electron chi connectivity index (χ4n) is 2.27. The first-order valence-electron chi connectivity index (χ1n) is 8.64. The van der Waals surface area contributed by atoms with Crippen LogP contribution in [0.25, 0.3) is 0 Å². The van der Waals surface area contributed by atoms with E-state index >= 15 is 0 Å². The Balaban J connectivity index is 1.97. The third-order valence-corrected chi connectivity index (χ3v) is 3.58. The molecule has 0 atom stereocenters. The van der Waals surface area contributed by atoms with Crippen LogP contribution >= 0.6 is 0 Å². The van der Waals surface area contributed by atoms with Crippen LogP contribution < -0.4 is 10.6 Å². The monoisotopic (exact) mass is 348 g/mol. The van der Waals surface area contributed by atoms with Crippen molar-refractivity contribution in [3.63, 3.8) is 0 Å². The van der Waals surface area contributed by atoms with Crippen LogP contribution in [0.2, 0.25) is 0 Å². The molecule has 0 saturated heterocycles. The molecule has 0 aliphatic heterocycles. The Bertz CT molecular complexity index is 572. The van der Waals surface area contributed by atoms with Gasteiger partial charge in [-0.1, -0.05) is 37.6 Å². The van der Waals surface area contributed by atoms with Crippen LogP contribution in [0, 0.1) is 0 Å². The van der Waals surface area contributed by atoms with Crippen molar-refractivity contribution in [2.24, 2.45) is 0 Å². The summed E-state index contributed by atoms with van der Waals surface area (Å²) in [5, 5.41) is 15.2. The van der Waals surface area contributed by atoms with E-state index in [2.05, 4.69) is 17.2 Å². The minimum Gasteiger partial charge on any atom is -0.508 e. The van der Waals surface area contributed by atoms with E-state index in [0.717, 1.165) is 31.2 Å². The Hall–Kier alpha value is -2.50. The SMILES string of the molecule is C=C(C)OC(=O)NCCCCCCNC(=O)CCc1ccccc1O. The average Bonchev–Trinajstić information content (AvgIpc) is 2.56. The molecule has 0 radical (unpaired) electrons. The van der Waals surface area contributed by atoms with Crippen LogP contribution in [0.15, 0.2) is 36.6 Å². The molecule has 3 N–H and O–H groups in total. The molecule has 0 bridgehead atoms. The number of allylic oxidation sites excluding steroid dienone is 1. The molecule has 0 heterocycles. The number of amides is 2. The van der Waals surface area contributed by atoms with Crippen LogP contribution in [0.4, 0.5) is 4.79 Å². The summed E-state index contributed by atoms with van der Waals surface area (Å²) in [6, 6.07) is 7.06. The number of nitrogens with one attached hydrogen (secondary N) is 2. The van der Waals surface area contributed by atoms with Crippen LogP contribution in [-0.4, -0.2) is 30.2 Å². The molecule has 0 spiro atoms. The fraction of sp³-hybridized carbons (Fsp3) is 0.474. The van der Waals surface area contributed by atoms with Crippen molar-refractivity contribution in [1.29, 1.82) is 0 Å². The fourth-order valence-corrected chi connectivity index (χ4v) is 2.27. The third-order valence-electron chi connectivity index (χ3n) is 3.58. The van der Waals surface area contributed by atoms with Gasteiger partial charge in [0, 0.05) is 19.5 Å². The quantitative estimate of drug-likeness (QED) is 0.423. The van der Waals surface area contributed by atoms with Gasteiger partial charge in [-0.25, -0.2) is 4.79 Å². The van der Waals surface area contributed by atoms with Gasteiger partial charge >= 0.3 is 6.09 Å². The lowest BCUT2D eigenvalue weighted by atomic mass is 10.1. The molecule has 2 amide bonds. The van der Waals surface area contributed by atoms with Crippen molar-refractivity contribution in [3.8, 4) is 5.75 Å². The van der Waals surface area contributed by atoms with Gasteiger partial charge < -0.3 is 20.5 Å². The molecule has 0 unspecified atom stereocenters. The Labute approximate surface area is 149 Å². The number of aromatic hydroxyl groups is 1. The van der Waals surface area contributed by atoms with E-state index in [4.69, 9.17) is 4.74 Å². The van der Waals surface area contributed by atoms with E-state index in [1.807, 2.05) is 12.1 Å². The van der Waals surface area contributed by atoms with E-state index in [0.29, 0.717) is 31.7 Å². The largest absolute Gasteiger partial charge is 0.508 e. The number of aryl methyl sites for hydroxylation is 1. The van der Waals surface area contributed by atoms with Crippen LogP contribution in [0.3, 0.4) is 0 Å². The molecule has 1 rings (SSSR count). The summed E-state index contributed by atoms with van der Waals surface area (Å²) in [5.74, 6) is 0.597. The van der Waals surface area contributed by atoms with Gasteiger partial charge in [0.25, 0.3) is 0 Å². The molecule has 0 saturated carbocycles. The molecule has 1 aromatic rings. The van der Waals surface area contributed by atoms with Gasteiger partial charge in [0.05, 0.1) is 5.76 Å². The van der Waals surface area contributed by atoms with E-state index in [1.54, 1.807) is 19.1 Å². The first-order chi connectivity index (χ1) is 12.0. The van der Waals surface area contributed by atoms with E-state index in [1.165, 1.54) is 0 Å². The van der Waals surface area contributed by atoms with Crippen molar-refractivity contribution in [3.05, 3.63) is 42.2 Å².